The summed E-state index contributed by atoms with van der Waals surface area (Å²) >= 11 is 4.68. The van der Waals surface area contributed by atoms with E-state index in [1.165, 1.54) is 0 Å². The molecule has 0 saturated heterocycles. The molecule has 3 heteroatoms. The fraction of sp³-hybridized carbons (Fsp3) is 0.571. The largest absolute Gasteiger partial charge is 0.474 e. The van der Waals surface area contributed by atoms with Crippen molar-refractivity contribution < 1.29 is 4.74 Å². The minimum atomic E-state index is 0.514. The third kappa shape index (κ3) is 10.4. The lowest BCUT2D eigenvalue weighted by molar-refractivity contribution is 0.346. The van der Waals surface area contributed by atoms with Crippen LogP contribution in [0.2, 0.25) is 0 Å². The molecule has 0 N–H and O–H groups in total. The summed E-state index contributed by atoms with van der Waals surface area (Å²) in [5.41, 5.74) is 0. The summed E-state index contributed by atoms with van der Waals surface area (Å²) in [6.07, 6.45) is 1.75. The summed E-state index contributed by atoms with van der Waals surface area (Å²) in [6.45, 7) is 5.25. The molecule has 2 nitrogen and oxygen atoms in total. The van der Waals surface area contributed by atoms with Crippen LogP contribution in [0.3, 0.4) is 0 Å². The van der Waals surface area contributed by atoms with Crippen molar-refractivity contribution in [1.82, 2.24) is 4.90 Å². The summed E-state index contributed by atoms with van der Waals surface area (Å²) in [4.78, 5) is 1.73. The molecule has 0 atom stereocenters. The van der Waals surface area contributed by atoms with Gasteiger partial charge in [-0.1, -0.05) is 6.08 Å². The quantitative estimate of drug-likeness (QED) is 0.396. The molecule has 0 aliphatic rings. The normalized spacial score (nSPS) is 6.80. The first-order valence-corrected chi connectivity index (χ1v) is 3.33. The van der Waals surface area contributed by atoms with Gasteiger partial charge >= 0.3 is 0 Å². The Bertz CT molecular complexity index is 102. The molecule has 0 unspecified atom stereocenters. The van der Waals surface area contributed by atoms with E-state index in [4.69, 9.17) is 0 Å². The van der Waals surface area contributed by atoms with Crippen LogP contribution < -0.4 is 0 Å². The van der Waals surface area contributed by atoms with Crippen LogP contribution in [-0.2, 0) is 4.74 Å². The van der Waals surface area contributed by atoms with Crippen molar-refractivity contribution >= 4 is 17.4 Å². The maximum atomic E-state index is 4.68. The van der Waals surface area contributed by atoms with Gasteiger partial charge in [-0.3, -0.25) is 0 Å². The molecule has 10 heavy (non-hydrogen) atoms. The van der Waals surface area contributed by atoms with Crippen LogP contribution >= 0.6 is 12.2 Å². The molecule has 0 aromatic rings. The Morgan fingerprint density at radius 2 is 1.90 bits per heavy atom. The van der Waals surface area contributed by atoms with E-state index in [1.54, 1.807) is 18.1 Å². The van der Waals surface area contributed by atoms with Crippen molar-refractivity contribution in [3.8, 4) is 0 Å². The Morgan fingerprint density at radius 3 is 1.90 bits per heavy atom. The molecule has 60 valence electrons. The Hall–Kier alpha value is -0.570. The molecule has 0 aliphatic heterocycles. The molecule has 0 saturated carbocycles. The Kier molecular flexibility index (Phi) is 10.2. The van der Waals surface area contributed by atoms with Crippen LogP contribution in [0.5, 0.6) is 0 Å². The highest BCUT2D eigenvalue weighted by Gasteiger charge is 1.91. The average molecular weight is 161 g/mol. The van der Waals surface area contributed by atoms with Crippen LogP contribution in [0.25, 0.3) is 0 Å². The molecular weight excluding hydrogens is 146 g/mol. The highest BCUT2D eigenvalue weighted by molar-refractivity contribution is 7.79. The SMILES string of the molecule is C=CC.COC(=S)N(C)C. The third-order valence-corrected chi connectivity index (χ3v) is 1.07. The number of nitrogens with zero attached hydrogens (tertiary/aromatic N) is 1. The number of allylic oxidation sites excluding steroid dienone is 1. The van der Waals surface area contributed by atoms with Crippen LogP contribution in [0.4, 0.5) is 0 Å². The Balaban J connectivity index is 0. The van der Waals surface area contributed by atoms with Crippen LogP contribution in [0, 0.1) is 0 Å². The minimum absolute atomic E-state index is 0.514. The van der Waals surface area contributed by atoms with E-state index in [9.17, 15) is 0 Å². The number of thiocarbonyl (C=S) groups is 1. The van der Waals surface area contributed by atoms with Crippen molar-refractivity contribution in [3.63, 3.8) is 0 Å². The van der Waals surface area contributed by atoms with Gasteiger partial charge in [0.15, 0.2) is 0 Å². The van der Waals surface area contributed by atoms with E-state index in [-0.39, 0.29) is 0 Å². The van der Waals surface area contributed by atoms with Gasteiger partial charge in [-0.25, -0.2) is 0 Å². The van der Waals surface area contributed by atoms with Gasteiger partial charge in [-0.15, -0.1) is 6.58 Å². The monoisotopic (exact) mass is 161 g/mol. The molecule has 0 radical (unpaired) electrons. The van der Waals surface area contributed by atoms with Gasteiger partial charge < -0.3 is 9.64 Å². The molecule has 0 spiro atoms. The first-order chi connectivity index (χ1) is 4.59. The maximum absolute atomic E-state index is 4.68. The number of rotatable bonds is 0. The highest BCUT2D eigenvalue weighted by Crippen LogP contribution is 1.80. The van der Waals surface area contributed by atoms with E-state index in [0.717, 1.165) is 0 Å². The van der Waals surface area contributed by atoms with E-state index in [2.05, 4.69) is 23.5 Å². The van der Waals surface area contributed by atoms with Crippen molar-refractivity contribution in [2.24, 2.45) is 0 Å². The maximum Gasteiger partial charge on any atom is 0.258 e. The van der Waals surface area contributed by atoms with Crippen LogP contribution in [-0.4, -0.2) is 31.3 Å². The molecule has 0 aliphatic carbocycles. The van der Waals surface area contributed by atoms with E-state index in [1.807, 2.05) is 21.0 Å². The second kappa shape index (κ2) is 8.43. The molecular formula is C7H15NOS. The second-order valence-electron chi connectivity index (χ2n) is 1.77. The Morgan fingerprint density at radius 1 is 1.60 bits per heavy atom. The summed E-state index contributed by atoms with van der Waals surface area (Å²) in [6, 6.07) is 0. The van der Waals surface area contributed by atoms with E-state index >= 15 is 0 Å². The molecule has 0 amide bonds. The predicted molar refractivity (Wildman–Crippen MR) is 49.2 cm³/mol. The van der Waals surface area contributed by atoms with Crippen molar-refractivity contribution in [3.05, 3.63) is 12.7 Å². The number of methoxy groups -OCH3 is 1. The Labute approximate surface area is 68.5 Å². The van der Waals surface area contributed by atoms with Crippen molar-refractivity contribution in [2.75, 3.05) is 21.2 Å². The number of ether oxygens (including phenoxy) is 1. The predicted octanol–water partition coefficient (Wildman–Crippen LogP) is 1.67. The van der Waals surface area contributed by atoms with Gasteiger partial charge in [-0.05, 0) is 19.1 Å². The van der Waals surface area contributed by atoms with Crippen molar-refractivity contribution in [2.45, 2.75) is 6.92 Å². The average Bonchev–Trinajstić information content (AvgIpc) is 1.88. The summed E-state index contributed by atoms with van der Waals surface area (Å²) in [7, 11) is 5.24. The fourth-order valence-electron chi connectivity index (χ4n) is 0.183. The molecule has 0 fully saturated rings. The molecule has 0 aromatic carbocycles. The first-order valence-electron chi connectivity index (χ1n) is 2.92. The lowest BCUT2D eigenvalue weighted by atomic mass is 10.8. The zero-order valence-electron chi connectivity index (χ0n) is 7.05. The van der Waals surface area contributed by atoms with Gasteiger partial charge in [0.05, 0.1) is 7.11 Å². The van der Waals surface area contributed by atoms with Gasteiger partial charge in [0.25, 0.3) is 5.17 Å². The van der Waals surface area contributed by atoms with Crippen molar-refractivity contribution in [1.29, 1.82) is 0 Å². The third-order valence-electron chi connectivity index (χ3n) is 0.540. The van der Waals surface area contributed by atoms with Gasteiger partial charge in [0.1, 0.15) is 0 Å². The molecule has 0 rings (SSSR count). The van der Waals surface area contributed by atoms with Gasteiger partial charge in [0, 0.05) is 14.1 Å². The first kappa shape index (κ1) is 12.1. The van der Waals surface area contributed by atoms with Gasteiger partial charge in [-0.2, -0.15) is 0 Å². The molecule has 0 heterocycles. The topological polar surface area (TPSA) is 12.5 Å². The molecule has 0 aromatic heterocycles. The smallest absolute Gasteiger partial charge is 0.258 e. The summed E-state index contributed by atoms with van der Waals surface area (Å²) in [5, 5.41) is 0.514. The standard InChI is InChI=1S/C4H9NOS.C3H6/c1-5(2)4(7)6-3;1-3-2/h1-3H3;3H,1H2,2H3. The minimum Gasteiger partial charge on any atom is -0.474 e. The van der Waals surface area contributed by atoms with E-state index < -0.39 is 0 Å². The van der Waals surface area contributed by atoms with E-state index in [0.29, 0.717) is 5.17 Å². The summed E-state index contributed by atoms with van der Waals surface area (Å²) < 4.78 is 4.67. The number of hydrogen-bond donors (Lipinski definition) is 0. The zero-order valence-corrected chi connectivity index (χ0v) is 7.86. The lowest BCUT2D eigenvalue weighted by Gasteiger charge is -2.09. The van der Waals surface area contributed by atoms with Crippen LogP contribution in [0.1, 0.15) is 6.92 Å². The van der Waals surface area contributed by atoms with Gasteiger partial charge in [0.2, 0.25) is 0 Å². The summed E-state index contributed by atoms with van der Waals surface area (Å²) in [5.74, 6) is 0. The second-order valence-corrected chi connectivity index (χ2v) is 2.12. The van der Waals surface area contributed by atoms with Crippen LogP contribution in [0.15, 0.2) is 12.7 Å². The zero-order chi connectivity index (χ0) is 8.57. The fourth-order valence-corrected chi connectivity index (χ4v) is 0.183. The molecule has 0 bridgehead atoms. The number of hydrogen-bond acceptors (Lipinski definition) is 2. The lowest BCUT2D eigenvalue weighted by Crippen LogP contribution is -2.20. The highest BCUT2D eigenvalue weighted by atomic mass is 32.1.